The Bertz CT molecular complexity index is 1630. The number of amides is 1. The zero-order valence-electron chi connectivity index (χ0n) is 23.8. The molecule has 3 heterocycles. The largest absolute Gasteiger partial charge is 0.497 e. The summed E-state index contributed by atoms with van der Waals surface area (Å²) in [6, 6.07) is 22.6. The maximum atomic E-state index is 14.5. The number of nitrogens with zero attached hydrogens (tertiary/aromatic N) is 4. The third-order valence-corrected chi connectivity index (χ3v) is 7.59. The number of aromatic nitrogens is 2. The molecule has 220 valence electrons. The standard InChI is InChI=1S/C33H32N4O6/c1-3-17-33-29(42-31(35-33)23-11-15-26(16-12-23)41-19-6-18-38)27-8-5-4-7-24(27)20-37(32(33)39)21-28-34-30(43-36-28)22-9-13-25(40-2)14-10-22/h3-5,7-16,29,38H,1,6,17-21H2,2H3/t29-,33-/m0/s1. The fraction of sp³-hybridized carbons (Fsp3) is 0.273. The molecule has 43 heavy (non-hydrogen) atoms. The third-order valence-electron chi connectivity index (χ3n) is 7.59. The van der Waals surface area contributed by atoms with Gasteiger partial charge in [0.15, 0.2) is 17.5 Å². The van der Waals surface area contributed by atoms with Crippen molar-refractivity contribution in [2.24, 2.45) is 4.99 Å². The number of rotatable bonds is 11. The van der Waals surface area contributed by atoms with E-state index in [2.05, 4.69) is 16.7 Å². The summed E-state index contributed by atoms with van der Waals surface area (Å²) in [5.41, 5.74) is 2.07. The molecule has 0 bridgehead atoms. The summed E-state index contributed by atoms with van der Waals surface area (Å²) in [5, 5.41) is 13.2. The van der Waals surface area contributed by atoms with Crippen LogP contribution in [0, 0.1) is 0 Å². The van der Waals surface area contributed by atoms with E-state index in [0.29, 0.717) is 42.9 Å². The number of aliphatic hydroxyl groups is 1. The molecule has 2 aliphatic heterocycles. The molecule has 0 saturated heterocycles. The smallest absolute Gasteiger partial charge is 0.257 e. The second-order valence-electron chi connectivity index (χ2n) is 10.4. The summed E-state index contributed by atoms with van der Waals surface area (Å²) < 4.78 is 23.0. The first-order chi connectivity index (χ1) is 21.0. The molecule has 10 heteroatoms. The van der Waals surface area contributed by atoms with Crippen molar-refractivity contribution in [3.05, 3.63) is 108 Å². The average molecular weight is 581 g/mol. The quantitative estimate of drug-likeness (QED) is 0.197. The van der Waals surface area contributed by atoms with Gasteiger partial charge >= 0.3 is 0 Å². The molecule has 0 fully saturated rings. The predicted molar refractivity (Wildman–Crippen MR) is 159 cm³/mol. The molecule has 2 atom stereocenters. The summed E-state index contributed by atoms with van der Waals surface area (Å²) in [7, 11) is 1.61. The lowest BCUT2D eigenvalue weighted by atomic mass is 9.84. The highest BCUT2D eigenvalue weighted by atomic mass is 16.5. The van der Waals surface area contributed by atoms with Crippen LogP contribution in [-0.4, -0.2) is 57.8 Å². The highest BCUT2D eigenvalue weighted by Gasteiger charge is 2.56. The lowest BCUT2D eigenvalue weighted by molar-refractivity contribution is -0.140. The molecule has 1 N–H and O–H groups in total. The number of aliphatic hydroxyl groups excluding tert-OH is 1. The van der Waals surface area contributed by atoms with Crippen molar-refractivity contribution in [2.45, 2.75) is 37.6 Å². The lowest BCUT2D eigenvalue weighted by Gasteiger charge is -2.31. The highest BCUT2D eigenvalue weighted by Crippen LogP contribution is 2.47. The van der Waals surface area contributed by atoms with Gasteiger partial charge in [-0.15, -0.1) is 6.58 Å². The van der Waals surface area contributed by atoms with E-state index in [4.69, 9.17) is 28.8 Å². The van der Waals surface area contributed by atoms with E-state index >= 15 is 0 Å². The van der Waals surface area contributed by atoms with Gasteiger partial charge in [-0.1, -0.05) is 35.5 Å². The summed E-state index contributed by atoms with van der Waals surface area (Å²) in [6.45, 7) is 4.91. The topological polar surface area (TPSA) is 120 Å². The number of carbonyl (C=O) groups excluding carboxylic acids is 1. The van der Waals surface area contributed by atoms with Crippen LogP contribution >= 0.6 is 0 Å². The molecule has 3 aromatic carbocycles. The van der Waals surface area contributed by atoms with Crippen LogP contribution in [0.25, 0.3) is 11.5 Å². The van der Waals surface area contributed by atoms with Crippen molar-refractivity contribution in [3.63, 3.8) is 0 Å². The van der Waals surface area contributed by atoms with Crippen molar-refractivity contribution < 1.29 is 28.6 Å². The molecule has 2 aliphatic rings. The Kier molecular flexibility index (Phi) is 7.93. The zero-order chi connectivity index (χ0) is 29.8. The van der Waals surface area contributed by atoms with E-state index in [0.717, 1.165) is 28.0 Å². The zero-order valence-corrected chi connectivity index (χ0v) is 23.8. The molecular weight excluding hydrogens is 548 g/mol. The summed E-state index contributed by atoms with van der Waals surface area (Å²) in [6.07, 6.45) is 1.89. The molecule has 1 amide bonds. The van der Waals surface area contributed by atoms with Crippen LogP contribution in [0.3, 0.4) is 0 Å². The molecule has 4 aromatic rings. The number of carbonyl (C=O) groups is 1. The molecule has 6 rings (SSSR count). The lowest BCUT2D eigenvalue weighted by Crippen LogP contribution is -2.47. The van der Waals surface area contributed by atoms with Gasteiger partial charge in [0, 0.05) is 42.7 Å². The molecule has 0 unspecified atom stereocenters. The van der Waals surface area contributed by atoms with Gasteiger partial charge in [-0.3, -0.25) is 4.79 Å². The van der Waals surface area contributed by atoms with E-state index < -0.39 is 11.6 Å². The monoisotopic (exact) mass is 580 g/mol. The van der Waals surface area contributed by atoms with Crippen LogP contribution in [0.1, 0.15) is 41.5 Å². The Morgan fingerprint density at radius 3 is 2.56 bits per heavy atom. The van der Waals surface area contributed by atoms with Crippen molar-refractivity contribution in [1.82, 2.24) is 15.0 Å². The number of benzene rings is 3. The van der Waals surface area contributed by atoms with Crippen LogP contribution < -0.4 is 9.47 Å². The minimum Gasteiger partial charge on any atom is -0.497 e. The van der Waals surface area contributed by atoms with Gasteiger partial charge in [-0.25, -0.2) is 4.99 Å². The number of fused-ring (bicyclic) bond motifs is 3. The number of hydrogen-bond donors (Lipinski definition) is 1. The summed E-state index contributed by atoms with van der Waals surface area (Å²) in [4.78, 5) is 25.8. The Labute approximate surface area is 249 Å². The van der Waals surface area contributed by atoms with E-state index in [1.54, 1.807) is 18.1 Å². The molecule has 0 radical (unpaired) electrons. The molecular formula is C33H32N4O6. The Morgan fingerprint density at radius 2 is 1.81 bits per heavy atom. The van der Waals surface area contributed by atoms with Gasteiger partial charge in [0.1, 0.15) is 11.5 Å². The number of aliphatic imine (C=N–C) groups is 1. The SMILES string of the molecule is C=CC[C@]12N=C(c3ccc(OCCCO)cc3)O[C@H]1c1ccccc1CN(Cc1noc(-c3ccc(OC)cc3)n1)C2=O. The van der Waals surface area contributed by atoms with Crippen LogP contribution in [0.2, 0.25) is 0 Å². The van der Waals surface area contributed by atoms with E-state index in [9.17, 15) is 4.79 Å². The van der Waals surface area contributed by atoms with E-state index in [1.807, 2.05) is 72.8 Å². The fourth-order valence-electron chi connectivity index (χ4n) is 5.45. The average Bonchev–Trinajstić information content (AvgIpc) is 3.65. The maximum absolute atomic E-state index is 14.5. The van der Waals surface area contributed by atoms with E-state index in [-0.39, 0.29) is 25.5 Å². The maximum Gasteiger partial charge on any atom is 0.257 e. The predicted octanol–water partition coefficient (Wildman–Crippen LogP) is 4.88. The second kappa shape index (κ2) is 12.1. The normalized spacial score (nSPS) is 19.1. The van der Waals surface area contributed by atoms with Crippen LogP contribution in [-0.2, 0) is 22.6 Å². The van der Waals surface area contributed by atoms with Crippen molar-refractivity contribution >= 4 is 11.8 Å². The molecule has 10 nitrogen and oxygen atoms in total. The van der Waals surface area contributed by atoms with Crippen molar-refractivity contribution in [2.75, 3.05) is 20.3 Å². The molecule has 0 saturated carbocycles. The highest BCUT2D eigenvalue weighted by molar-refractivity contribution is 6.01. The van der Waals surface area contributed by atoms with Crippen LogP contribution in [0.15, 0.2) is 95.0 Å². The summed E-state index contributed by atoms with van der Waals surface area (Å²) >= 11 is 0. The third kappa shape index (κ3) is 5.49. The molecule has 0 aliphatic carbocycles. The van der Waals surface area contributed by atoms with Crippen LogP contribution in [0.5, 0.6) is 11.5 Å². The first kappa shape index (κ1) is 28.2. The van der Waals surface area contributed by atoms with Gasteiger partial charge in [0.05, 0.1) is 20.3 Å². The number of methoxy groups -OCH3 is 1. The first-order valence-corrected chi connectivity index (χ1v) is 14.1. The van der Waals surface area contributed by atoms with Gasteiger partial charge in [-0.2, -0.15) is 4.98 Å². The minimum absolute atomic E-state index is 0.0680. The van der Waals surface area contributed by atoms with Crippen LogP contribution in [0.4, 0.5) is 0 Å². The summed E-state index contributed by atoms with van der Waals surface area (Å²) in [5.74, 6) is 2.30. The van der Waals surface area contributed by atoms with E-state index in [1.165, 1.54) is 0 Å². The van der Waals surface area contributed by atoms with Crippen molar-refractivity contribution in [3.8, 4) is 23.0 Å². The Balaban J connectivity index is 1.32. The van der Waals surface area contributed by atoms with Gasteiger partial charge < -0.3 is 28.7 Å². The van der Waals surface area contributed by atoms with Gasteiger partial charge in [0.2, 0.25) is 5.90 Å². The molecule has 1 aromatic heterocycles. The number of ether oxygens (including phenoxy) is 3. The van der Waals surface area contributed by atoms with Gasteiger partial charge in [0.25, 0.3) is 11.8 Å². The van der Waals surface area contributed by atoms with Crippen molar-refractivity contribution in [1.29, 1.82) is 0 Å². The fourth-order valence-corrected chi connectivity index (χ4v) is 5.45. The van der Waals surface area contributed by atoms with Gasteiger partial charge in [-0.05, 0) is 54.1 Å². The second-order valence-corrected chi connectivity index (χ2v) is 10.4. The first-order valence-electron chi connectivity index (χ1n) is 14.1. The minimum atomic E-state index is -1.26. The Morgan fingerprint density at radius 1 is 1.07 bits per heavy atom. The Hall–Kier alpha value is -4.96. The number of hydrogen-bond acceptors (Lipinski definition) is 9. The molecule has 0 spiro atoms.